The first kappa shape index (κ1) is 30.1. The predicted molar refractivity (Wildman–Crippen MR) is 143 cm³/mol. The number of carbonyl (C=O) groups excluding carboxylic acids is 3. The molecule has 3 amide bonds. The first-order valence-corrected chi connectivity index (χ1v) is 13.6. The summed E-state index contributed by atoms with van der Waals surface area (Å²) >= 11 is 0. The molecule has 0 aliphatic carbocycles. The van der Waals surface area contributed by atoms with E-state index in [2.05, 4.69) is 15.6 Å². The quantitative estimate of drug-likeness (QED) is 0.387. The number of pyridine rings is 1. The zero-order valence-electron chi connectivity index (χ0n) is 22.9. The van der Waals surface area contributed by atoms with E-state index >= 15 is 0 Å². The second-order valence-electron chi connectivity index (χ2n) is 10.9. The number of alkyl carbamates (subject to hydrolysis) is 1. The Balaban J connectivity index is 1.87. The molecule has 11 heteroatoms. The summed E-state index contributed by atoms with van der Waals surface area (Å²) in [7, 11) is 0. The number of amides is 3. The van der Waals surface area contributed by atoms with Crippen LogP contribution in [0.15, 0.2) is 36.5 Å². The van der Waals surface area contributed by atoms with Gasteiger partial charge in [-0.15, -0.1) is 0 Å². The van der Waals surface area contributed by atoms with Crippen LogP contribution in [-0.2, 0) is 19.1 Å². The van der Waals surface area contributed by atoms with Gasteiger partial charge in [0.15, 0.2) is 18.7 Å². The number of aliphatic carboxylic acids is 1. The molecule has 1 aromatic heterocycles. The Hall–Kier alpha value is -3.47. The van der Waals surface area contributed by atoms with Gasteiger partial charge in [0.05, 0.1) is 6.42 Å². The molecule has 3 heterocycles. The van der Waals surface area contributed by atoms with E-state index in [0.717, 1.165) is 19.3 Å². The lowest BCUT2D eigenvalue weighted by Gasteiger charge is -2.23. The van der Waals surface area contributed by atoms with E-state index in [9.17, 15) is 24.3 Å². The van der Waals surface area contributed by atoms with Crippen molar-refractivity contribution in [3.05, 3.63) is 36.5 Å². The maximum atomic E-state index is 13.9. The van der Waals surface area contributed by atoms with Crippen LogP contribution in [0.2, 0.25) is 0 Å². The van der Waals surface area contributed by atoms with Crippen LogP contribution in [0, 0.1) is 0 Å². The number of hydrogen-bond donors (Lipinski definition) is 3. The molecule has 213 valence electrons. The average Bonchev–Trinajstić information content (AvgIpc) is 3.28. The second-order valence-corrected chi connectivity index (χ2v) is 10.9. The highest BCUT2D eigenvalue weighted by molar-refractivity contribution is 5.95. The molecule has 0 spiro atoms. The van der Waals surface area contributed by atoms with Crippen LogP contribution < -0.4 is 20.3 Å². The number of carboxylic acids is 1. The number of nitrogens with one attached hydrogen (secondary N) is 2. The van der Waals surface area contributed by atoms with Crippen LogP contribution in [-0.4, -0.2) is 70.3 Å². The van der Waals surface area contributed by atoms with Gasteiger partial charge in [0, 0.05) is 12.3 Å². The Morgan fingerprint density at radius 1 is 1.10 bits per heavy atom. The third kappa shape index (κ3) is 9.65. The van der Waals surface area contributed by atoms with Crippen LogP contribution in [0.3, 0.4) is 0 Å². The first-order valence-electron chi connectivity index (χ1n) is 13.6. The molecule has 2 aliphatic rings. The number of hydrogen-bond acceptors (Lipinski definition) is 7. The third-order valence-electron chi connectivity index (χ3n) is 6.53. The molecule has 1 aromatic rings. The molecule has 0 aromatic carbocycles. The van der Waals surface area contributed by atoms with E-state index in [-0.39, 0.29) is 19.4 Å². The fourth-order valence-corrected chi connectivity index (χ4v) is 4.68. The molecule has 0 saturated carbocycles. The minimum Gasteiger partial charge on any atom is -0.480 e. The van der Waals surface area contributed by atoms with Gasteiger partial charge in [-0.05, 0) is 58.9 Å². The van der Waals surface area contributed by atoms with Gasteiger partial charge < -0.3 is 25.2 Å². The van der Waals surface area contributed by atoms with E-state index in [1.54, 1.807) is 45.2 Å². The van der Waals surface area contributed by atoms with Crippen molar-refractivity contribution in [1.82, 2.24) is 20.5 Å². The van der Waals surface area contributed by atoms with E-state index in [1.165, 1.54) is 4.90 Å². The van der Waals surface area contributed by atoms with Crippen molar-refractivity contribution in [3.63, 3.8) is 0 Å². The van der Waals surface area contributed by atoms with Crippen molar-refractivity contribution in [2.24, 2.45) is 0 Å². The number of carbonyl (C=O) groups is 4. The first-order chi connectivity index (χ1) is 18.5. The second kappa shape index (κ2) is 14.1. The minimum atomic E-state index is -1.14. The van der Waals surface area contributed by atoms with E-state index in [0.29, 0.717) is 25.1 Å². The molecule has 11 nitrogen and oxygen atoms in total. The maximum absolute atomic E-state index is 13.9. The molecule has 1 saturated heterocycles. The van der Waals surface area contributed by atoms with Crippen LogP contribution in [0.4, 0.5) is 4.79 Å². The van der Waals surface area contributed by atoms with Crippen LogP contribution >= 0.6 is 0 Å². The Labute approximate surface area is 229 Å². The number of rotatable bonds is 4. The van der Waals surface area contributed by atoms with Crippen LogP contribution in [0.1, 0.15) is 72.1 Å². The summed E-state index contributed by atoms with van der Waals surface area (Å²) in [4.78, 5) is 57.3. The number of aromatic nitrogens is 1. The standard InChI is InChI=1S/C28H40N4O7/c1-28(2,3)39-27(37)31-20-13-9-7-5-4-6-8-10-14-21(26(35)36)30-24(33)22-17-19(18-32(22)25(20)34)38-23-15-11-12-16-29-23/h6,8,11-12,15-16,19-22H,4-5,7,9-10,13-14,17-18H2,1-3H3,(H,30,33)(H,31,37)(H,35,36)/q+1. The summed E-state index contributed by atoms with van der Waals surface area (Å²) in [5.41, 5.74) is -0.749. The van der Waals surface area contributed by atoms with Crippen molar-refractivity contribution in [2.45, 2.75) is 102 Å². The number of nitrogens with zero attached hydrogens (tertiary/aromatic N) is 2. The van der Waals surface area contributed by atoms with Gasteiger partial charge in [-0.25, -0.2) is 19.4 Å². The monoisotopic (exact) mass is 544 g/mol. The topological polar surface area (TPSA) is 150 Å². The molecular formula is C28H40N4O7+. The van der Waals surface area contributed by atoms with Gasteiger partial charge in [0.1, 0.15) is 11.6 Å². The molecular weight excluding hydrogens is 504 g/mol. The highest BCUT2D eigenvalue weighted by atomic mass is 16.6. The van der Waals surface area contributed by atoms with Crippen molar-refractivity contribution in [2.75, 3.05) is 6.54 Å². The van der Waals surface area contributed by atoms with Gasteiger partial charge in [-0.2, -0.15) is 0 Å². The number of ether oxygens (including phenoxy) is 2. The molecule has 2 aliphatic heterocycles. The van der Waals surface area contributed by atoms with Gasteiger partial charge in [-0.1, -0.05) is 36.0 Å². The van der Waals surface area contributed by atoms with E-state index < -0.39 is 53.7 Å². The molecule has 3 rings (SSSR count). The summed E-state index contributed by atoms with van der Waals surface area (Å²) in [5.74, 6) is -1.80. The normalized spacial score (nSPS) is 25.8. The van der Waals surface area contributed by atoms with Crippen molar-refractivity contribution < 1.29 is 33.8 Å². The summed E-state index contributed by atoms with van der Waals surface area (Å²) in [5, 5.41) is 15.0. The molecule has 3 N–H and O–H groups in total. The van der Waals surface area contributed by atoms with E-state index in [4.69, 9.17) is 9.47 Å². The molecule has 39 heavy (non-hydrogen) atoms. The van der Waals surface area contributed by atoms with Gasteiger partial charge in [0.2, 0.25) is 11.9 Å². The summed E-state index contributed by atoms with van der Waals surface area (Å²) < 4.78 is 11.4. The smallest absolute Gasteiger partial charge is 0.408 e. The highest BCUT2D eigenvalue weighted by Crippen LogP contribution is 2.23. The largest absolute Gasteiger partial charge is 0.480 e. The van der Waals surface area contributed by atoms with Gasteiger partial charge in [-0.3, -0.25) is 4.79 Å². The Morgan fingerprint density at radius 2 is 1.87 bits per heavy atom. The third-order valence-corrected chi connectivity index (χ3v) is 6.53. The lowest BCUT2D eigenvalue weighted by molar-refractivity contribution is -0.142. The number of fused-ring (bicyclic) bond motifs is 1. The van der Waals surface area contributed by atoms with Crippen molar-refractivity contribution >= 4 is 23.9 Å². The van der Waals surface area contributed by atoms with Crippen LogP contribution in [0.25, 0.3) is 0 Å². The maximum Gasteiger partial charge on any atom is 0.408 e. The Morgan fingerprint density at radius 3 is 2.56 bits per heavy atom. The number of allylic oxidation sites excluding steroid dienone is 2. The molecule has 1 radical (unpaired) electrons. The molecule has 1 fully saturated rings. The van der Waals surface area contributed by atoms with Crippen LogP contribution in [0.5, 0.6) is 5.88 Å². The van der Waals surface area contributed by atoms with E-state index in [1.807, 2.05) is 12.2 Å². The highest BCUT2D eigenvalue weighted by Gasteiger charge is 2.53. The summed E-state index contributed by atoms with van der Waals surface area (Å²) in [6.07, 6.45) is 8.78. The number of carboxylic acid groups (broad SMARTS) is 1. The zero-order valence-corrected chi connectivity index (χ0v) is 22.9. The Kier molecular flexibility index (Phi) is 10.8. The van der Waals surface area contributed by atoms with Crippen molar-refractivity contribution in [1.29, 1.82) is 0 Å². The molecule has 4 unspecified atom stereocenters. The summed E-state index contributed by atoms with van der Waals surface area (Å²) in [6.45, 7) is 5.29. The van der Waals surface area contributed by atoms with Gasteiger partial charge in [0.25, 0.3) is 5.91 Å². The predicted octanol–water partition coefficient (Wildman–Crippen LogP) is 3.03. The molecule has 0 bridgehead atoms. The fourth-order valence-electron chi connectivity index (χ4n) is 4.68. The fraction of sp³-hybridized carbons (Fsp3) is 0.607. The average molecular weight is 545 g/mol. The SMILES string of the molecule is CC(C)(C)OC(=O)NC1CCCCCC=CCCC(C(=O)O)NC(=O)C2CC(Oc3ccccn3)C[N+]2C1=O. The zero-order chi connectivity index (χ0) is 28.4. The summed E-state index contributed by atoms with van der Waals surface area (Å²) in [6, 6.07) is 2.21. The lowest BCUT2D eigenvalue weighted by atomic mass is 10.0. The Bertz CT molecular complexity index is 1020. The molecule has 4 atom stereocenters. The minimum absolute atomic E-state index is 0.0838. The lowest BCUT2D eigenvalue weighted by Crippen LogP contribution is -2.58. The van der Waals surface area contributed by atoms with Crippen molar-refractivity contribution in [3.8, 4) is 5.88 Å². The van der Waals surface area contributed by atoms with Gasteiger partial charge >= 0.3 is 18.0 Å².